The molecular weight excluding hydrogens is 552 g/mol. The summed E-state index contributed by atoms with van der Waals surface area (Å²) in [5.41, 5.74) is 6.68. The Morgan fingerprint density at radius 1 is 0.814 bits per heavy atom. The Kier molecular flexibility index (Phi) is 7.82. The van der Waals surface area contributed by atoms with Crippen molar-refractivity contribution < 1.29 is 9.53 Å². The van der Waals surface area contributed by atoms with Gasteiger partial charge in [0.1, 0.15) is 0 Å². The lowest BCUT2D eigenvalue weighted by Gasteiger charge is -2.16. The SMILES string of the molecule is O=C(CSc1nnc(-c2cc(-c3ccccc3)nc3ccccc23)n1C[C@@H]1CCCO1)c1ccc(-c2ccccc2)cc1. The number of rotatable bonds is 9. The molecule has 0 radical (unpaired) electrons. The van der Waals surface area contributed by atoms with Crippen LogP contribution >= 0.6 is 11.8 Å². The fourth-order valence-corrected chi connectivity index (χ4v) is 6.40. The lowest BCUT2D eigenvalue weighted by atomic mass is 10.0. The number of fused-ring (bicyclic) bond motifs is 1. The summed E-state index contributed by atoms with van der Waals surface area (Å²) in [6.45, 7) is 1.39. The number of hydrogen-bond donors (Lipinski definition) is 0. The van der Waals surface area contributed by atoms with Crippen LogP contribution in [0.1, 0.15) is 23.2 Å². The average molecular weight is 583 g/mol. The van der Waals surface area contributed by atoms with E-state index in [4.69, 9.17) is 14.8 Å². The van der Waals surface area contributed by atoms with Crippen molar-refractivity contribution in [3.8, 4) is 33.8 Å². The Bertz CT molecular complexity index is 1870. The van der Waals surface area contributed by atoms with E-state index in [0.717, 1.165) is 64.1 Å². The summed E-state index contributed by atoms with van der Waals surface area (Å²) in [6.07, 6.45) is 2.11. The minimum Gasteiger partial charge on any atom is -0.376 e. The number of ketones is 1. The summed E-state index contributed by atoms with van der Waals surface area (Å²) in [5, 5.41) is 11.0. The molecule has 7 rings (SSSR count). The highest BCUT2D eigenvalue weighted by molar-refractivity contribution is 7.99. The molecule has 1 saturated heterocycles. The number of hydrogen-bond acceptors (Lipinski definition) is 6. The third-order valence-corrected chi connectivity index (χ3v) is 8.77. The molecule has 212 valence electrons. The average Bonchev–Trinajstić information content (AvgIpc) is 3.74. The zero-order valence-electron chi connectivity index (χ0n) is 23.6. The Morgan fingerprint density at radius 3 is 2.26 bits per heavy atom. The largest absolute Gasteiger partial charge is 0.376 e. The summed E-state index contributed by atoms with van der Waals surface area (Å²) in [7, 11) is 0. The first-order chi connectivity index (χ1) is 21.2. The fraction of sp³-hybridized carbons (Fsp3) is 0.167. The van der Waals surface area contributed by atoms with E-state index < -0.39 is 0 Å². The van der Waals surface area contributed by atoms with E-state index in [-0.39, 0.29) is 17.6 Å². The van der Waals surface area contributed by atoms with Crippen LogP contribution in [0.15, 0.2) is 120 Å². The second-order valence-corrected chi connectivity index (χ2v) is 11.6. The van der Waals surface area contributed by atoms with Crippen molar-refractivity contribution >= 4 is 28.4 Å². The van der Waals surface area contributed by atoms with Gasteiger partial charge in [0, 0.05) is 28.7 Å². The molecule has 3 heterocycles. The van der Waals surface area contributed by atoms with Crippen LogP contribution in [0.4, 0.5) is 0 Å². The highest BCUT2D eigenvalue weighted by Gasteiger charge is 2.24. The smallest absolute Gasteiger partial charge is 0.192 e. The molecule has 4 aromatic carbocycles. The van der Waals surface area contributed by atoms with Crippen molar-refractivity contribution in [2.45, 2.75) is 30.6 Å². The lowest BCUT2D eigenvalue weighted by Crippen LogP contribution is -2.17. The number of para-hydroxylation sites is 1. The van der Waals surface area contributed by atoms with Gasteiger partial charge < -0.3 is 4.74 Å². The molecule has 0 spiro atoms. The van der Waals surface area contributed by atoms with Crippen LogP contribution in [0.5, 0.6) is 0 Å². The van der Waals surface area contributed by atoms with Crippen LogP contribution < -0.4 is 0 Å². The molecule has 1 fully saturated rings. The van der Waals surface area contributed by atoms with Crippen molar-refractivity contribution in [2.24, 2.45) is 0 Å². The molecule has 0 saturated carbocycles. The number of thioether (sulfide) groups is 1. The summed E-state index contributed by atoms with van der Waals surface area (Å²) in [5.74, 6) is 1.08. The second-order valence-electron chi connectivity index (χ2n) is 10.6. The molecule has 2 aromatic heterocycles. The molecule has 0 N–H and O–H groups in total. The number of ether oxygens (including phenoxy) is 1. The van der Waals surface area contributed by atoms with E-state index in [1.54, 1.807) is 0 Å². The molecule has 0 bridgehead atoms. The summed E-state index contributed by atoms with van der Waals surface area (Å²) in [6, 6.07) is 38.4. The second kappa shape index (κ2) is 12.3. The number of carbonyl (C=O) groups is 1. The molecule has 43 heavy (non-hydrogen) atoms. The number of Topliss-reactive ketones (excluding diaryl/α,β-unsaturated/α-hetero) is 1. The maximum atomic E-state index is 13.3. The number of pyridine rings is 1. The molecule has 1 atom stereocenters. The van der Waals surface area contributed by atoms with Gasteiger partial charge in [-0.2, -0.15) is 0 Å². The van der Waals surface area contributed by atoms with Gasteiger partial charge in [0.15, 0.2) is 16.8 Å². The van der Waals surface area contributed by atoms with Gasteiger partial charge in [0.25, 0.3) is 0 Å². The minimum atomic E-state index is 0.0542. The highest BCUT2D eigenvalue weighted by atomic mass is 32.2. The normalized spacial score (nSPS) is 14.7. The van der Waals surface area contributed by atoms with Gasteiger partial charge in [-0.25, -0.2) is 4.98 Å². The van der Waals surface area contributed by atoms with E-state index in [1.807, 2.05) is 78.9 Å². The van der Waals surface area contributed by atoms with Crippen LogP contribution in [0, 0.1) is 0 Å². The minimum absolute atomic E-state index is 0.0542. The van der Waals surface area contributed by atoms with Crippen molar-refractivity contribution in [3.05, 3.63) is 121 Å². The van der Waals surface area contributed by atoms with Crippen molar-refractivity contribution in [2.75, 3.05) is 12.4 Å². The van der Waals surface area contributed by atoms with Gasteiger partial charge in [-0.05, 0) is 36.1 Å². The molecule has 0 aliphatic carbocycles. The quantitative estimate of drug-likeness (QED) is 0.127. The number of benzene rings is 4. The third kappa shape index (κ3) is 5.87. The predicted molar refractivity (Wildman–Crippen MR) is 172 cm³/mol. The summed E-state index contributed by atoms with van der Waals surface area (Å²) >= 11 is 1.42. The van der Waals surface area contributed by atoms with E-state index in [2.05, 4.69) is 46.1 Å². The number of aromatic nitrogens is 4. The first-order valence-corrected chi connectivity index (χ1v) is 15.5. The zero-order chi connectivity index (χ0) is 29.0. The van der Waals surface area contributed by atoms with E-state index in [0.29, 0.717) is 17.3 Å². The van der Waals surface area contributed by atoms with Gasteiger partial charge in [0.2, 0.25) is 0 Å². The summed E-state index contributed by atoms with van der Waals surface area (Å²) in [4.78, 5) is 18.2. The Labute approximate surface area is 254 Å². The van der Waals surface area contributed by atoms with E-state index in [9.17, 15) is 4.79 Å². The van der Waals surface area contributed by atoms with Crippen LogP contribution in [-0.2, 0) is 11.3 Å². The topological polar surface area (TPSA) is 69.9 Å². The Morgan fingerprint density at radius 2 is 1.51 bits per heavy atom. The molecule has 7 heteroatoms. The standard InChI is InChI=1S/C36H30N4O2S/c41-34(28-19-17-26(18-20-28)25-10-3-1-4-11-25)24-43-36-39-38-35(40(36)23-29-14-9-21-42-29)31-22-33(27-12-5-2-6-13-27)37-32-16-8-7-15-30(31)32/h1-8,10-13,15-20,22,29H,9,14,21,23-24H2/t29-/m0/s1. The number of carbonyl (C=O) groups excluding carboxylic acids is 1. The van der Waals surface area contributed by atoms with Crippen LogP contribution in [0.2, 0.25) is 0 Å². The molecule has 6 nitrogen and oxygen atoms in total. The first-order valence-electron chi connectivity index (χ1n) is 14.5. The third-order valence-electron chi connectivity index (χ3n) is 7.80. The van der Waals surface area contributed by atoms with Crippen molar-refractivity contribution in [1.82, 2.24) is 19.7 Å². The van der Waals surface area contributed by atoms with Gasteiger partial charge in [0.05, 0.1) is 29.6 Å². The first kappa shape index (κ1) is 27.3. The lowest BCUT2D eigenvalue weighted by molar-refractivity contribution is 0.0953. The van der Waals surface area contributed by atoms with Crippen LogP contribution in [0.3, 0.4) is 0 Å². The van der Waals surface area contributed by atoms with Gasteiger partial charge in [-0.15, -0.1) is 10.2 Å². The Balaban J connectivity index is 1.21. The van der Waals surface area contributed by atoms with E-state index in [1.165, 1.54) is 11.8 Å². The zero-order valence-corrected chi connectivity index (χ0v) is 24.4. The monoisotopic (exact) mass is 582 g/mol. The van der Waals surface area contributed by atoms with Gasteiger partial charge in [-0.1, -0.05) is 115 Å². The highest BCUT2D eigenvalue weighted by Crippen LogP contribution is 2.34. The molecule has 1 aliphatic rings. The predicted octanol–water partition coefficient (Wildman–Crippen LogP) is 7.98. The van der Waals surface area contributed by atoms with Gasteiger partial charge in [-0.3, -0.25) is 9.36 Å². The maximum Gasteiger partial charge on any atom is 0.192 e. The van der Waals surface area contributed by atoms with Crippen molar-refractivity contribution in [3.63, 3.8) is 0 Å². The molecular formula is C36H30N4O2S. The molecule has 0 unspecified atom stereocenters. The molecule has 6 aromatic rings. The Hall–Kier alpha value is -4.59. The fourth-order valence-electron chi connectivity index (χ4n) is 5.56. The van der Waals surface area contributed by atoms with Crippen molar-refractivity contribution in [1.29, 1.82) is 0 Å². The molecule has 0 amide bonds. The number of nitrogens with zero attached hydrogens (tertiary/aromatic N) is 4. The maximum absolute atomic E-state index is 13.3. The van der Waals surface area contributed by atoms with Crippen LogP contribution in [0.25, 0.3) is 44.7 Å². The van der Waals surface area contributed by atoms with E-state index >= 15 is 0 Å². The van der Waals surface area contributed by atoms with Gasteiger partial charge >= 0.3 is 0 Å². The summed E-state index contributed by atoms with van der Waals surface area (Å²) < 4.78 is 8.16. The van der Waals surface area contributed by atoms with Crippen LogP contribution in [-0.4, -0.2) is 44.0 Å². The molecule has 1 aliphatic heterocycles.